The Bertz CT molecular complexity index is 1500. The Kier molecular flexibility index (Phi) is 7.32. The lowest BCUT2D eigenvalue weighted by molar-refractivity contribution is 0.102. The van der Waals surface area contributed by atoms with Gasteiger partial charge in [-0.2, -0.15) is 5.10 Å². The number of anilines is 1. The summed E-state index contributed by atoms with van der Waals surface area (Å²) in [6, 6.07) is 18.9. The predicted octanol–water partition coefficient (Wildman–Crippen LogP) is 6.09. The molecule has 0 spiro atoms. The van der Waals surface area contributed by atoms with E-state index in [1.54, 1.807) is 40.4 Å². The summed E-state index contributed by atoms with van der Waals surface area (Å²) in [4.78, 5) is 18.4. The molecule has 188 valence electrons. The lowest BCUT2D eigenvalue weighted by atomic mass is 10.2. The molecule has 3 aromatic heterocycles. The van der Waals surface area contributed by atoms with E-state index in [1.807, 2.05) is 67.8 Å². The van der Waals surface area contributed by atoms with Crippen LogP contribution in [0, 0.1) is 0 Å². The van der Waals surface area contributed by atoms with Crippen LogP contribution < -0.4 is 19.5 Å². The molecule has 0 saturated carbocycles. The average molecular weight is 515 g/mol. The molecule has 8 nitrogen and oxygen atoms in total. The van der Waals surface area contributed by atoms with Crippen molar-refractivity contribution in [2.45, 2.75) is 20.5 Å². The van der Waals surface area contributed by atoms with E-state index < -0.39 is 0 Å². The third kappa shape index (κ3) is 5.41. The van der Waals surface area contributed by atoms with E-state index in [-0.39, 0.29) is 5.91 Å². The molecule has 5 aromatic rings. The van der Waals surface area contributed by atoms with Crippen LogP contribution in [0.15, 0.2) is 78.4 Å². The van der Waals surface area contributed by atoms with Crippen LogP contribution in [0.3, 0.4) is 0 Å². The fraction of sp³-hybridized carbons (Fsp3) is 0.179. The van der Waals surface area contributed by atoms with Gasteiger partial charge in [0.1, 0.15) is 17.9 Å². The van der Waals surface area contributed by atoms with E-state index in [0.29, 0.717) is 48.2 Å². The molecule has 2 aromatic carbocycles. The number of thiophene rings is 1. The summed E-state index contributed by atoms with van der Waals surface area (Å²) in [6.07, 6.45) is 3.23. The van der Waals surface area contributed by atoms with Gasteiger partial charge in [0.25, 0.3) is 5.91 Å². The number of carbonyl (C=O) groups excluding carboxylic acids is 1. The minimum Gasteiger partial charge on any atom is -0.490 e. The fourth-order valence-corrected chi connectivity index (χ4v) is 4.58. The van der Waals surface area contributed by atoms with E-state index >= 15 is 0 Å². The van der Waals surface area contributed by atoms with Gasteiger partial charge in [-0.05, 0) is 73.3 Å². The van der Waals surface area contributed by atoms with Crippen molar-refractivity contribution in [2.24, 2.45) is 0 Å². The van der Waals surface area contributed by atoms with E-state index in [0.717, 1.165) is 21.9 Å². The van der Waals surface area contributed by atoms with Crippen LogP contribution in [0.2, 0.25) is 0 Å². The zero-order valence-corrected chi connectivity index (χ0v) is 21.3. The second-order valence-corrected chi connectivity index (χ2v) is 8.96. The van der Waals surface area contributed by atoms with Gasteiger partial charge in [-0.3, -0.25) is 4.79 Å². The topological polar surface area (TPSA) is 87.0 Å². The summed E-state index contributed by atoms with van der Waals surface area (Å²) in [5, 5.41) is 9.32. The van der Waals surface area contributed by atoms with E-state index in [4.69, 9.17) is 14.2 Å². The molecule has 5 rings (SSSR count). The molecule has 0 bridgehead atoms. The Morgan fingerprint density at radius 3 is 2.54 bits per heavy atom. The quantitative estimate of drug-likeness (QED) is 0.243. The van der Waals surface area contributed by atoms with Crippen molar-refractivity contribution in [3.63, 3.8) is 0 Å². The molecular weight excluding hydrogens is 488 g/mol. The van der Waals surface area contributed by atoms with Gasteiger partial charge in [0.2, 0.25) is 0 Å². The lowest BCUT2D eigenvalue weighted by Crippen LogP contribution is -2.12. The first kappa shape index (κ1) is 24.3. The number of rotatable bonds is 10. The Labute approximate surface area is 218 Å². The van der Waals surface area contributed by atoms with Crippen LogP contribution in [0.1, 0.15) is 29.8 Å². The van der Waals surface area contributed by atoms with Crippen molar-refractivity contribution in [1.82, 2.24) is 14.6 Å². The van der Waals surface area contributed by atoms with E-state index in [9.17, 15) is 4.79 Å². The van der Waals surface area contributed by atoms with Gasteiger partial charge in [0.05, 0.1) is 30.0 Å². The molecule has 0 unspecified atom stereocenters. The molecule has 0 aliphatic carbocycles. The molecule has 3 heterocycles. The van der Waals surface area contributed by atoms with Crippen LogP contribution >= 0.6 is 11.3 Å². The summed E-state index contributed by atoms with van der Waals surface area (Å²) in [5.41, 5.74) is 3.41. The van der Waals surface area contributed by atoms with Gasteiger partial charge in [-0.1, -0.05) is 12.1 Å². The maximum absolute atomic E-state index is 13.0. The van der Waals surface area contributed by atoms with Crippen LogP contribution in [0.25, 0.3) is 16.2 Å². The molecule has 0 fully saturated rings. The van der Waals surface area contributed by atoms with Crippen LogP contribution in [0.5, 0.6) is 17.2 Å². The van der Waals surface area contributed by atoms with Crippen molar-refractivity contribution in [3.05, 3.63) is 89.6 Å². The van der Waals surface area contributed by atoms with Gasteiger partial charge >= 0.3 is 0 Å². The number of amides is 1. The van der Waals surface area contributed by atoms with Gasteiger partial charge in [0, 0.05) is 11.9 Å². The summed E-state index contributed by atoms with van der Waals surface area (Å²) < 4.78 is 18.9. The summed E-state index contributed by atoms with van der Waals surface area (Å²) >= 11 is 1.61. The SMILES string of the molecule is CCOc1ccc(COc2ccc(NC(=O)c3cnn4c(-c5cccs5)ccnc34)cc2)cc1OCC. The van der Waals surface area contributed by atoms with Crippen molar-refractivity contribution in [1.29, 1.82) is 0 Å². The molecule has 0 aliphatic rings. The molecule has 9 heteroatoms. The predicted molar refractivity (Wildman–Crippen MR) is 144 cm³/mol. The highest BCUT2D eigenvalue weighted by Gasteiger charge is 2.17. The first-order valence-corrected chi connectivity index (χ1v) is 12.8. The normalized spacial score (nSPS) is 10.9. The summed E-state index contributed by atoms with van der Waals surface area (Å²) in [6.45, 7) is 5.38. The third-order valence-corrected chi connectivity index (χ3v) is 6.44. The largest absolute Gasteiger partial charge is 0.490 e. The van der Waals surface area contributed by atoms with Gasteiger partial charge < -0.3 is 19.5 Å². The number of fused-ring (bicyclic) bond motifs is 1. The number of benzene rings is 2. The Balaban J connectivity index is 1.24. The molecule has 0 atom stereocenters. The summed E-state index contributed by atoms with van der Waals surface area (Å²) in [5.74, 6) is 1.82. The molecule has 0 radical (unpaired) electrons. The minimum absolute atomic E-state index is 0.280. The highest BCUT2D eigenvalue weighted by molar-refractivity contribution is 7.13. The zero-order chi connectivity index (χ0) is 25.6. The van der Waals surface area contributed by atoms with E-state index in [1.165, 1.54) is 0 Å². The van der Waals surface area contributed by atoms with Crippen molar-refractivity contribution >= 4 is 28.6 Å². The lowest BCUT2D eigenvalue weighted by Gasteiger charge is -2.13. The second kappa shape index (κ2) is 11.1. The van der Waals surface area contributed by atoms with Gasteiger partial charge in [-0.25, -0.2) is 9.50 Å². The molecule has 1 amide bonds. The van der Waals surface area contributed by atoms with Crippen LogP contribution in [0.4, 0.5) is 5.69 Å². The number of nitrogens with zero attached hydrogens (tertiary/aromatic N) is 3. The number of hydrogen-bond donors (Lipinski definition) is 1. The molecular formula is C28H26N4O4S. The number of aromatic nitrogens is 3. The molecule has 0 saturated heterocycles. The monoisotopic (exact) mass is 514 g/mol. The third-order valence-electron chi connectivity index (χ3n) is 5.54. The number of hydrogen-bond acceptors (Lipinski definition) is 7. The Morgan fingerprint density at radius 2 is 1.78 bits per heavy atom. The Morgan fingerprint density at radius 1 is 0.973 bits per heavy atom. The maximum Gasteiger partial charge on any atom is 0.261 e. The van der Waals surface area contributed by atoms with Gasteiger partial charge in [0.15, 0.2) is 17.1 Å². The number of ether oxygens (including phenoxy) is 3. The fourth-order valence-electron chi connectivity index (χ4n) is 3.85. The highest BCUT2D eigenvalue weighted by atomic mass is 32.1. The van der Waals surface area contributed by atoms with Crippen LogP contribution in [-0.2, 0) is 6.61 Å². The maximum atomic E-state index is 13.0. The average Bonchev–Trinajstić information content (AvgIpc) is 3.60. The van der Waals surface area contributed by atoms with Crippen molar-refractivity contribution in [3.8, 4) is 27.8 Å². The zero-order valence-electron chi connectivity index (χ0n) is 20.5. The van der Waals surface area contributed by atoms with Gasteiger partial charge in [-0.15, -0.1) is 11.3 Å². The molecule has 1 N–H and O–H groups in total. The second-order valence-electron chi connectivity index (χ2n) is 8.02. The van der Waals surface area contributed by atoms with E-state index in [2.05, 4.69) is 15.4 Å². The Hall–Kier alpha value is -4.37. The van der Waals surface area contributed by atoms with Crippen molar-refractivity contribution < 1.29 is 19.0 Å². The molecule has 0 aliphatic heterocycles. The number of nitrogens with one attached hydrogen (secondary N) is 1. The highest BCUT2D eigenvalue weighted by Crippen LogP contribution is 2.29. The molecule has 37 heavy (non-hydrogen) atoms. The first-order valence-electron chi connectivity index (χ1n) is 12.0. The van der Waals surface area contributed by atoms with Crippen molar-refractivity contribution in [2.75, 3.05) is 18.5 Å². The minimum atomic E-state index is -0.280. The standard InChI is InChI=1S/C28H26N4O4S/c1-3-34-24-12-7-19(16-25(24)35-4-2)18-36-21-10-8-20(9-11-21)31-28(33)22-17-30-32-23(13-14-29-27(22)32)26-6-5-15-37-26/h5-17H,3-4,18H2,1-2H3,(H,31,33). The first-order chi connectivity index (χ1) is 18.2. The van der Waals surface area contributed by atoms with Crippen LogP contribution in [-0.4, -0.2) is 33.7 Å². The smallest absolute Gasteiger partial charge is 0.261 e. The number of carbonyl (C=O) groups is 1. The summed E-state index contributed by atoms with van der Waals surface area (Å²) in [7, 11) is 0.